The summed E-state index contributed by atoms with van der Waals surface area (Å²) < 4.78 is 0. The lowest BCUT2D eigenvalue weighted by Crippen LogP contribution is -2.53. The highest BCUT2D eigenvalue weighted by atomic mass is 32.2. The number of rotatable bonds is 5. The van der Waals surface area contributed by atoms with Crippen molar-refractivity contribution in [1.82, 2.24) is 5.32 Å². The second kappa shape index (κ2) is 5.57. The number of carboxylic acids is 1. The molecule has 0 spiro atoms. The molecule has 0 heterocycles. The van der Waals surface area contributed by atoms with Crippen LogP contribution >= 0.6 is 11.8 Å². The standard InChI is InChI=1S/C11H19NO3S/c1-8(2)16-7-9(13)12-11(10(14)15)5-3-4-6-11/h8H,3-7H2,1-2H3,(H,12,13)(H,14,15). The monoisotopic (exact) mass is 245 g/mol. The first-order chi connectivity index (χ1) is 7.46. The van der Waals surface area contributed by atoms with Gasteiger partial charge in [-0.3, -0.25) is 4.79 Å². The number of hydrogen-bond acceptors (Lipinski definition) is 3. The third-order valence-corrected chi connectivity index (χ3v) is 3.89. The highest BCUT2D eigenvalue weighted by molar-refractivity contribution is 8.00. The molecular formula is C11H19NO3S. The fraction of sp³-hybridized carbons (Fsp3) is 0.818. The first-order valence-corrected chi connectivity index (χ1v) is 6.67. The van der Waals surface area contributed by atoms with E-state index in [2.05, 4.69) is 5.32 Å². The summed E-state index contributed by atoms with van der Waals surface area (Å²) in [5.74, 6) is -0.719. The number of aliphatic carboxylic acids is 1. The Balaban J connectivity index is 2.49. The van der Waals surface area contributed by atoms with E-state index in [9.17, 15) is 9.59 Å². The number of carboxylic acid groups (broad SMARTS) is 1. The lowest BCUT2D eigenvalue weighted by atomic mass is 9.98. The van der Waals surface area contributed by atoms with Gasteiger partial charge < -0.3 is 10.4 Å². The van der Waals surface area contributed by atoms with Crippen LogP contribution in [0.5, 0.6) is 0 Å². The van der Waals surface area contributed by atoms with E-state index >= 15 is 0 Å². The van der Waals surface area contributed by atoms with Crippen LogP contribution in [-0.4, -0.2) is 33.5 Å². The molecule has 0 atom stereocenters. The molecule has 2 N–H and O–H groups in total. The summed E-state index contributed by atoms with van der Waals surface area (Å²) in [6, 6.07) is 0. The average molecular weight is 245 g/mol. The van der Waals surface area contributed by atoms with Gasteiger partial charge in [-0.25, -0.2) is 4.79 Å². The van der Waals surface area contributed by atoms with Crippen LogP contribution in [-0.2, 0) is 9.59 Å². The van der Waals surface area contributed by atoms with E-state index in [1.165, 1.54) is 11.8 Å². The van der Waals surface area contributed by atoms with Crippen molar-refractivity contribution in [1.29, 1.82) is 0 Å². The Morgan fingerprint density at radius 3 is 2.38 bits per heavy atom. The molecule has 1 amide bonds. The maximum atomic E-state index is 11.6. The predicted molar refractivity (Wildman–Crippen MR) is 64.6 cm³/mol. The van der Waals surface area contributed by atoms with Crippen LogP contribution in [0.3, 0.4) is 0 Å². The van der Waals surface area contributed by atoms with Gasteiger partial charge in [0.25, 0.3) is 0 Å². The molecule has 0 aromatic heterocycles. The van der Waals surface area contributed by atoms with Crippen molar-refractivity contribution in [2.45, 2.75) is 50.3 Å². The summed E-state index contributed by atoms with van der Waals surface area (Å²) in [6.45, 7) is 4.03. The number of carbonyl (C=O) groups excluding carboxylic acids is 1. The van der Waals surface area contributed by atoms with Crippen LogP contribution in [0.25, 0.3) is 0 Å². The lowest BCUT2D eigenvalue weighted by molar-refractivity contribution is -0.147. The van der Waals surface area contributed by atoms with Crippen LogP contribution in [0.2, 0.25) is 0 Å². The maximum Gasteiger partial charge on any atom is 0.329 e. The quantitative estimate of drug-likeness (QED) is 0.772. The third kappa shape index (κ3) is 3.40. The van der Waals surface area contributed by atoms with E-state index in [0.717, 1.165) is 12.8 Å². The minimum absolute atomic E-state index is 0.164. The summed E-state index contributed by atoms with van der Waals surface area (Å²) in [7, 11) is 0. The molecule has 0 aromatic carbocycles. The van der Waals surface area contributed by atoms with Crippen LogP contribution in [0.4, 0.5) is 0 Å². The van der Waals surface area contributed by atoms with Crippen molar-refractivity contribution in [2.24, 2.45) is 0 Å². The summed E-state index contributed by atoms with van der Waals surface area (Å²) >= 11 is 1.53. The number of amides is 1. The lowest BCUT2D eigenvalue weighted by Gasteiger charge is -2.25. The first-order valence-electron chi connectivity index (χ1n) is 5.62. The smallest absolute Gasteiger partial charge is 0.329 e. The van der Waals surface area contributed by atoms with Gasteiger partial charge >= 0.3 is 5.97 Å². The molecule has 0 unspecified atom stereocenters. The van der Waals surface area contributed by atoms with E-state index in [0.29, 0.717) is 23.8 Å². The zero-order valence-electron chi connectivity index (χ0n) is 9.78. The Morgan fingerprint density at radius 2 is 1.94 bits per heavy atom. The number of thioether (sulfide) groups is 1. The fourth-order valence-electron chi connectivity index (χ4n) is 1.92. The summed E-state index contributed by atoms with van der Waals surface area (Å²) in [5.41, 5.74) is -0.991. The molecule has 0 bridgehead atoms. The third-order valence-electron chi connectivity index (χ3n) is 2.79. The zero-order valence-corrected chi connectivity index (χ0v) is 10.6. The predicted octanol–water partition coefficient (Wildman–Crippen LogP) is 1.64. The Labute approximate surface area is 100 Å². The molecule has 0 radical (unpaired) electrons. The molecule has 1 saturated carbocycles. The summed E-state index contributed by atoms with van der Waals surface area (Å²) in [6.07, 6.45) is 2.87. The van der Waals surface area contributed by atoms with E-state index in [1.807, 2.05) is 13.8 Å². The molecule has 0 aliphatic heterocycles. The van der Waals surface area contributed by atoms with Gasteiger partial charge in [0.1, 0.15) is 5.54 Å². The molecule has 1 rings (SSSR count). The molecule has 16 heavy (non-hydrogen) atoms. The molecule has 5 heteroatoms. The van der Waals surface area contributed by atoms with E-state index in [-0.39, 0.29) is 5.91 Å². The van der Waals surface area contributed by atoms with Crippen molar-refractivity contribution >= 4 is 23.6 Å². The van der Waals surface area contributed by atoms with Crippen molar-refractivity contribution in [3.8, 4) is 0 Å². The average Bonchev–Trinajstić information content (AvgIpc) is 2.64. The van der Waals surface area contributed by atoms with Gasteiger partial charge in [-0.05, 0) is 18.1 Å². The van der Waals surface area contributed by atoms with Crippen molar-refractivity contribution in [3.63, 3.8) is 0 Å². The molecule has 0 saturated heterocycles. The minimum Gasteiger partial charge on any atom is -0.480 e. The van der Waals surface area contributed by atoms with Gasteiger partial charge in [-0.1, -0.05) is 26.7 Å². The molecule has 0 aromatic rings. The minimum atomic E-state index is -0.991. The van der Waals surface area contributed by atoms with Crippen molar-refractivity contribution < 1.29 is 14.7 Å². The van der Waals surface area contributed by atoms with Crippen LogP contribution in [0.15, 0.2) is 0 Å². The molecule has 1 aliphatic carbocycles. The van der Waals surface area contributed by atoms with Crippen LogP contribution in [0, 0.1) is 0 Å². The Kier molecular flexibility index (Phi) is 4.65. The Morgan fingerprint density at radius 1 is 1.38 bits per heavy atom. The normalized spacial score (nSPS) is 18.7. The SMILES string of the molecule is CC(C)SCC(=O)NC1(C(=O)O)CCCC1. The summed E-state index contributed by atoms with van der Waals surface area (Å²) in [4.78, 5) is 22.8. The highest BCUT2D eigenvalue weighted by Crippen LogP contribution is 2.30. The number of carbonyl (C=O) groups is 2. The van der Waals surface area contributed by atoms with Gasteiger partial charge in [-0.15, -0.1) is 11.8 Å². The summed E-state index contributed by atoms with van der Waals surface area (Å²) in [5, 5.41) is 12.2. The highest BCUT2D eigenvalue weighted by Gasteiger charge is 2.42. The van der Waals surface area contributed by atoms with Gasteiger partial charge in [0.05, 0.1) is 5.75 Å². The topological polar surface area (TPSA) is 66.4 Å². The van der Waals surface area contributed by atoms with Gasteiger partial charge in [0.15, 0.2) is 0 Å². The van der Waals surface area contributed by atoms with Gasteiger partial charge in [-0.2, -0.15) is 0 Å². The van der Waals surface area contributed by atoms with Crippen molar-refractivity contribution in [2.75, 3.05) is 5.75 Å². The maximum absolute atomic E-state index is 11.6. The van der Waals surface area contributed by atoms with Gasteiger partial charge in [0, 0.05) is 0 Å². The molecule has 1 aliphatic rings. The van der Waals surface area contributed by atoms with Crippen molar-refractivity contribution in [3.05, 3.63) is 0 Å². The van der Waals surface area contributed by atoms with Crippen LogP contribution < -0.4 is 5.32 Å². The molecular weight excluding hydrogens is 226 g/mol. The first kappa shape index (κ1) is 13.4. The molecule has 1 fully saturated rings. The van der Waals surface area contributed by atoms with E-state index < -0.39 is 11.5 Å². The molecule has 92 valence electrons. The fourth-order valence-corrected chi connectivity index (χ4v) is 2.47. The van der Waals surface area contributed by atoms with Crippen LogP contribution in [0.1, 0.15) is 39.5 Å². The van der Waals surface area contributed by atoms with Gasteiger partial charge in [0.2, 0.25) is 5.91 Å². The largest absolute Gasteiger partial charge is 0.480 e. The Bertz CT molecular complexity index is 272. The van der Waals surface area contributed by atoms with E-state index in [4.69, 9.17) is 5.11 Å². The number of nitrogens with one attached hydrogen (secondary N) is 1. The number of hydrogen-bond donors (Lipinski definition) is 2. The zero-order chi connectivity index (χ0) is 12.2. The molecule has 4 nitrogen and oxygen atoms in total. The Hall–Kier alpha value is -0.710. The second-order valence-corrected chi connectivity index (χ2v) is 6.07. The van der Waals surface area contributed by atoms with E-state index in [1.54, 1.807) is 0 Å². The second-order valence-electron chi connectivity index (χ2n) is 4.50.